The summed E-state index contributed by atoms with van der Waals surface area (Å²) < 4.78 is 10.2. The Hall–Kier alpha value is -1.84. The first-order chi connectivity index (χ1) is 8.00. The zero-order valence-electron chi connectivity index (χ0n) is 10.2. The molecule has 0 N–H and O–H groups in total. The van der Waals surface area contributed by atoms with Gasteiger partial charge in [-0.05, 0) is 12.5 Å². The maximum Gasteiger partial charge on any atom is 0.303 e. The summed E-state index contributed by atoms with van der Waals surface area (Å²) in [5.41, 5.74) is 0.802. The van der Waals surface area contributed by atoms with Crippen LogP contribution in [0.2, 0.25) is 0 Å². The molecule has 0 bridgehead atoms. The molecule has 0 radical (unpaired) electrons. The maximum atomic E-state index is 11.1. The second-order valence-corrected chi connectivity index (χ2v) is 3.76. The third-order valence-corrected chi connectivity index (χ3v) is 2.20. The van der Waals surface area contributed by atoms with Crippen molar-refractivity contribution in [2.45, 2.75) is 33.0 Å². The van der Waals surface area contributed by atoms with Gasteiger partial charge in [-0.2, -0.15) is 0 Å². The van der Waals surface area contributed by atoms with Gasteiger partial charge in [-0.1, -0.05) is 30.3 Å². The van der Waals surface area contributed by atoms with E-state index in [-0.39, 0.29) is 0 Å². The van der Waals surface area contributed by atoms with E-state index in [9.17, 15) is 9.59 Å². The van der Waals surface area contributed by atoms with Crippen LogP contribution in [0, 0.1) is 0 Å². The van der Waals surface area contributed by atoms with Crippen LogP contribution in [0.1, 0.15) is 32.4 Å². The SMILES string of the molecule is CC(=O)O[C@H](C)[C@@H](OC(C)=O)c1ccccc1. The lowest BCUT2D eigenvalue weighted by atomic mass is 10.1. The second-order valence-electron chi connectivity index (χ2n) is 3.76. The summed E-state index contributed by atoms with van der Waals surface area (Å²) in [5.74, 6) is -0.802. The van der Waals surface area contributed by atoms with Gasteiger partial charge < -0.3 is 9.47 Å². The normalized spacial score (nSPS) is 13.6. The molecular formula is C13H16O4. The number of hydrogen-bond donors (Lipinski definition) is 0. The highest BCUT2D eigenvalue weighted by atomic mass is 16.6. The lowest BCUT2D eigenvalue weighted by molar-refractivity contribution is -0.164. The Balaban J connectivity index is 2.87. The van der Waals surface area contributed by atoms with Crippen LogP contribution in [0.3, 0.4) is 0 Å². The quantitative estimate of drug-likeness (QED) is 0.752. The molecule has 0 fully saturated rings. The van der Waals surface area contributed by atoms with Crippen LogP contribution in [0.25, 0.3) is 0 Å². The van der Waals surface area contributed by atoms with Crippen LogP contribution in [-0.2, 0) is 19.1 Å². The Labute approximate surface area is 101 Å². The molecule has 2 atom stereocenters. The van der Waals surface area contributed by atoms with Crippen LogP contribution in [0.5, 0.6) is 0 Å². The van der Waals surface area contributed by atoms with Crippen LogP contribution in [0.4, 0.5) is 0 Å². The van der Waals surface area contributed by atoms with E-state index in [0.29, 0.717) is 0 Å². The van der Waals surface area contributed by atoms with Crippen LogP contribution < -0.4 is 0 Å². The highest BCUT2D eigenvalue weighted by Crippen LogP contribution is 2.23. The lowest BCUT2D eigenvalue weighted by Crippen LogP contribution is -2.25. The fraction of sp³-hybridized carbons (Fsp3) is 0.385. The van der Waals surface area contributed by atoms with Crippen LogP contribution in [-0.4, -0.2) is 18.0 Å². The molecule has 0 spiro atoms. The molecule has 1 aromatic carbocycles. The van der Waals surface area contributed by atoms with E-state index < -0.39 is 24.1 Å². The van der Waals surface area contributed by atoms with Crippen molar-refractivity contribution in [1.29, 1.82) is 0 Å². The zero-order chi connectivity index (χ0) is 12.8. The molecule has 0 saturated carbocycles. The van der Waals surface area contributed by atoms with Gasteiger partial charge in [0.1, 0.15) is 6.10 Å². The minimum atomic E-state index is -0.572. The predicted molar refractivity (Wildman–Crippen MR) is 62.2 cm³/mol. The topological polar surface area (TPSA) is 52.6 Å². The molecule has 0 aliphatic rings. The first kappa shape index (κ1) is 13.2. The van der Waals surface area contributed by atoms with Gasteiger partial charge in [0, 0.05) is 13.8 Å². The summed E-state index contributed by atoms with van der Waals surface area (Å²) in [5, 5.41) is 0. The summed E-state index contributed by atoms with van der Waals surface area (Å²) in [6, 6.07) is 9.20. The number of rotatable bonds is 4. The van der Waals surface area contributed by atoms with E-state index in [4.69, 9.17) is 9.47 Å². The molecule has 1 rings (SSSR count). The van der Waals surface area contributed by atoms with Crippen molar-refractivity contribution in [1.82, 2.24) is 0 Å². The van der Waals surface area contributed by atoms with Gasteiger partial charge in [0.25, 0.3) is 0 Å². The Morgan fingerprint density at radius 3 is 2.00 bits per heavy atom. The minimum absolute atomic E-state index is 0.398. The molecule has 0 saturated heterocycles. The van der Waals surface area contributed by atoms with Gasteiger partial charge in [-0.25, -0.2) is 0 Å². The number of hydrogen-bond acceptors (Lipinski definition) is 4. The smallest absolute Gasteiger partial charge is 0.303 e. The Bertz CT molecular complexity index is 386. The monoisotopic (exact) mass is 236 g/mol. The van der Waals surface area contributed by atoms with Gasteiger partial charge in [-0.15, -0.1) is 0 Å². The van der Waals surface area contributed by atoms with E-state index in [2.05, 4.69) is 0 Å². The molecule has 1 aromatic rings. The van der Waals surface area contributed by atoms with E-state index in [1.165, 1.54) is 13.8 Å². The van der Waals surface area contributed by atoms with Crippen molar-refractivity contribution in [2.24, 2.45) is 0 Å². The second kappa shape index (κ2) is 6.03. The van der Waals surface area contributed by atoms with Gasteiger partial charge in [0.05, 0.1) is 0 Å². The van der Waals surface area contributed by atoms with E-state index in [0.717, 1.165) is 5.56 Å². The molecule has 0 unspecified atom stereocenters. The summed E-state index contributed by atoms with van der Waals surface area (Å²) >= 11 is 0. The average molecular weight is 236 g/mol. The Morgan fingerprint density at radius 1 is 1.00 bits per heavy atom. The van der Waals surface area contributed by atoms with Gasteiger partial charge in [-0.3, -0.25) is 9.59 Å². The molecule has 17 heavy (non-hydrogen) atoms. The molecule has 4 heteroatoms. The predicted octanol–water partition coefficient (Wildman–Crippen LogP) is 2.24. The van der Waals surface area contributed by atoms with Crippen molar-refractivity contribution in [2.75, 3.05) is 0 Å². The summed E-state index contributed by atoms with van der Waals surface area (Å²) in [6.45, 7) is 4.35. The maximum absolute atomic E-state index is 11.1. The van der Waals surface area contributed by atoms with Crippen molar-refractivity contribution in [3.63, 3.8) is 0 Å². The van der Waals surface area contributed by atoms with Gasteiger partial charge >= 0.3 is 11.9 Å². The fourth-order valence-electron chi connectivity index (χ4n) is 1.58. The first-order valence-corrected chi connectivity index (χ1v) is 5.40. The standard InChI is InChI=1S/C13H16O4/c1-9(16-10(2)14)13(17-11(3)15)12-7-5-4-6-8-12/h4-9,13H,1-3H3/t9-,13-/m1/s1. The molecule has 0 amide bonds. The largest absolute Gasteiger partial charge is 0.459 e. The van der Waals surface area contributed by atoms with E-state index in [1.54, 1.807) is 6.92 Å². The Kier molecular flexibility index (Phi) is 4.69. The fourth-order valence-corrected chi connectivity index (χ4v) is 1.58. The van der Waals surface area contributed by atoms with Crippen molar-refractivity contribution in [3.05, 3.63) is 35.9 Å². The first-order valence-electron chi connectivity index (χ1n) is 5.40. The molecule has 0 aromatic heterocycles. The van der Waals surface area contributed by atoms with Crippen molar-refractivity contribution < 1.29 is 19.1 Å². The molecule has 4 nitrogen and oxygen atoms in total. The highest BCUT2D eigenvalue weighted by molar-refractivity contribution is 5.67. The summed E-state index contributed by atoms with van der Waals surface area (Å²) in [7, 11) is 0. The lowest BCUT2D eigenvalue weighted by Gasteiger charge is -2.23. The molecule has 0 aliphatic heterocycles. The van der Waals surface area contributed by atoms with Crippen molar-refractivity contribution in [3.8, 4) is 0 Å². The summed E-state index contributed by atoms with van der Waals surface area (Å²) in [4.78, 5) is 22.0. The van der Waals surface area contributed by atoms with Gasteiger partial charge in [0.2, 0.25) is 0 Å². The minimum Gasteiger partial charge on any atom is -0.459 e. The Morgan fingerprint density at radius 2 is 1.53 bits per heavy atom. The number of esters is 2. The number of benzene rings is 1. The molecule has 0 aliphatic carbocycles. The third-order valence-electron chi connectivity index (χ3n) is 2.20. The third kappa shape index (κ3) is 4.26. The summed E-state index contributed by atoms with van der Waals surface area (Å²) in [6.07, 6.45) is -1.09. The average Bonchev–Trinajstić information content (AvgIpc) is 2.25. The molecule has 92 valence electrons. The zero-order valence-corrected chi connectivity index (χ0v) is 10.2. The van der Waals surface area contributed by atoms with E-state index >= 15 is 0 Å². The highest BCUT2D eigenvalue weighted by Gasteiger charge is 2.24. The molecule has 0 heterocycles. The molecular weight excluding hydrogens is 220 g/mol. The van der Waals surface area contributed by atoms with Gasteiger partial charge in [0.15, 0.2) is 6.10 Å². The van der Waals surface area contributed by atoms with E-state index in [1.807, 2.05) is 30.3 Å². The number of carbonyl (C=O) groups is 2. The van der Waals surface area contributed by atoms with Crippen molar-refractivity contribution >= 4 is 11.9 Å². The van der Waals surface area contributed by atoms with Crippen LogP contribution >= 0.6 is 0 Å². The number of ether oxygens (including phenoxy) is 2. The number of carbonyl (C=O) groups excluding carboxylic acids is 2. The van der Waals surface area contributed by atoms with Crippen LogP contribution in [0.15, 0.2) is 30.3 Å².